The van der Waals surface area contributed by atoms with Crippen molar-refractivity contribution in [1.29, 1.82) is 0 Å². The summed E-state index contributed by atoms with van der Waals surface area (Å²) in [6.45, 7) is 3.88. The van der Waals surface area contributed by atoms with E-state index in [1.807, 2.05) is 20.0 Å². The van der Waals surface area contributed by atoms with Gasteiger partial charge in [0, 0.05) is 19.2 Å². The molecule has 0 saturated heterocycles. The lowest BCUT2D eigenvalue weighted by Gasteiger charge is -1.93. The van der Waals surface area contributed by atoms with E-state index in [4.69, 9.17) is 9.26 Å². The smallest absolute Gasteiger partial charge is 0.162 e. The first-order valence-electron chi connectivity index (χ1n) is 4.03. The van der Waals surface area contributed by atoms with Crippen LogP contribution in [0.2, 0.25) is 0 Å². The summed E-state index contributed by atoms with van der Waals surface area (Å²) >= 11 is 0. The maximum Gasteiger partial charge on any atom is 0.162 e. The number of rotatable bonds is 5. The van der Waals surface area contributed by atoms with Crippen LogP contribution in [0.25, 0.3) is 0 Å². The molecule has 0 saturated carbocycles. The van der Waals surface area contributed by atoms with Gasteiger partial charge in [0.2, 0.25) is 0 Å². The molecule has 68 valence electrons. The largest absolute Gasteiger partial charge is 0.374 e. The zero-order chi connectivity index (χ0) is 8.81. The van der Waals surface area contributed by atoms with E-state index in [0.29, 0.717) is 13.2 Å². The molecule has 0 aromatic carbocycles. The molecule has 0 aliphatic carbocycles. The van der Waals surface area contributed by atoms with Crippen LogP contribution >= 0.6 is 0 Å². The van der Waals surface area contributed by atoms with E-state index < -0.39 is 0 Å². The summed E-state index contributed by atoms with van der Waals surface area (Å²) in [6.07, 6.45) is 0. The fraction of sp³-hybridized carbons (Fsp3) is 0.625. The highest BCUT2D eigenvalue weighted by Gasteiger charge is 2.01. The van der Waals surface area contributed by atoms with E-state index in [1.54, 1.807) is 0 Å². The predicted molar refractivity (Wildman–Crippen MR) is 44.6 cm³/mol. The molecule has 0 amide bonds. The lowest BCUT2D eigenvalue weighted by Crippen LogP contribution is -2.04. The Bertz CT molecular complexity index is 223. The summed E-state index contributed by atoms with van der Waals surface area (Å²) in [5, 5.41) is 6.83. The van der Waals surface area contributed by atoms with Crippen LogP contribution < -0.4 is 5.32 Å². The summed E-state index contributed by atoms with van der Waals surface area (Å²) in [5.41, 5.74) is 0.909. The third-order valence-electron chi connectivity index (χ3n) is 1.41. The highest BCUT2D eigenvalue weighted by Crippen LogP contribution is 2.04. The zero-order valence-corrected chi connectivity index (χ0v) is 7.46. The number of nitrogens with zero attached hydrogens (tertiary/aromatic N) is 1. The minimum absolute atomic E-state index is 0.507. The third kappa shape index (κ3) is 2.64. The minimum atomic E-state index is 0.507. The van der Waals surface area contributed by atoms with Crippen LogP contribution in [0.15, 0.2) is 10.6 Å². The van der Waals surface area contributed by atoms with Gasteiger partial charge in [0.1, 0.15) is 6.61 Å². The molecule has 1 heterocycles. The Hall–Kier alpha value is -0.870. The quantitative estimate of drug-likeness (QED) is 0.714. The van der Waals surface area contributed by atoms with Gasteiger partial charge in [0.25, 0.3) is 0 Å². The maximum atomic E-state index is 5.16. The molecular weight excluding hydrogens is 156 g/mol. The molecule has 0 aliphatic rings. The Morgan fingerprint density at radius 2 is 2.50 bits per heavy atom. The van der Waals surface area contributed by atoms with Crippen LogP contribution in [0.4, 0.5) is 0 Å². The van der Waals surface area contributed by atoms with Crippen LogP contribution in [0.1, 0.15) is 18.4 Å². The molecule has 1 rings (SSSR count). The number of hydrogen-bond acceptors (Lipinski definition) is 4. The van der Waals surface area contributed by atoms with E-state index in [9.17, 15) is 0 Å². The van der Waals surface area contributed by atoms with Crippen molar-refractivity contribution in [2.45, 2.75) is 20.1 Å². The Morgan fingerprint density at radius 3 is 3.17 bits per heavy atom. The fourth-order valence-electron chi connectivity index (χ4n) is 0.891. The highest BCUT2D eigenvalue weighted by atomic mass is 16.5. The molecule has 0 bridgehead atoms. The van der Waals surface area contributed by atoms with Gasteiger partial charge in [-0.3, -0.25) is 0 Å². The number of aromatic nitrogens is 1. The topological polar surface area (TPSA) is 47.3 Å². The first kappa shape index (κ1) is 9.22. The number of hydrogen-bond donors (Lipinski definition) is 1. The summed E-state index contributed by atoms with van der Waals surface area (Å²) in [6, 6.07) is 1.90. The van der Waals surface area contributed by atoms with Crippen LogP contribution in [0.3, 0.4) is 0 Å². The van der Waals surface area contributed by atoms with E-state index in [2.05, 4.69) is 10.5 Å². The SMILES string of the molecule is CCOCc1cc(CNC)no1. The van der Waals surface area contributed by atoms with Gasteiger partial charge in [-0.05, 0) is 14.0 Å². The van der Waals surface area contributed by atoms with Crippen molar-refractivity contribution in [3.63, 3.8) is 0 Å². The van der Waals surface area contributed by atoms with Crippen molar-refractivity contribution >= 4 is 0 Å². The molecule has 0 fully saturated rings. The van der Waals surface area contributed by atoms with Crippen molar-refractivity contribution in [2.24, 2.45) is 0 Å². The maximum absolute atomic E-state index is 5.16. The molecular formula is C8H14N2O2. The van der Waals surface area contributed by atoms with Crippen molar-refractivity contribution in [3.8, 4) is 0 Å². The van der Waals surface area contributed by atoms with Gasteiger partial charge in [0.15, 0.2) is 5.76 Å². The molecule has 0 spiro atoms. The summed E-state index contributed by atoms with van der Waals surface area (Å²) in [7, 11) is 1.87. The predicted octanol–water partition coefficient (Wildman–Crippen LogP) is 0.930. The second-order valence-electron chi connectivity index (χ2n) is 2.45. The summed E-state index contributed by atoms with van der Waals surface area (Å²) in [4.78, 5) is 0. The van der Waals surface area contributed by atoms with E-state index in [0.717, 1.165) is 18.0 Å². The Morgan fingerprint density at radius 1 is 1.67 bits per heavy atom. The molecule has 1 aromatic rings. The van der Waals surface area contributed by atoms with Gasteiger partial charge in [-0.15, -0.1) is 0 Å². The molecule has 0 aliphatic heterocycles. The Labute approximate surface area is 71.9 Å². The van der Waals surface area contributed by atoms with Crippen LogP contribution in [0, 0.1) is 0 Å². The van der Waals surface area contributed by atoms with Gasteiger partial charge >= 0.3 is 0 Å². The van der Waals surface area contributed by atoms with Gasteiger partial charge < -0.3 is 14.6 Å². The lowest BCUT2D eigenvalue weighted by molar-refractivity contribution is 0.112. The normalized spacial score (nSPS) is 10.5. The Kier molecular flexibility index (Phi) is 3.76. The average Bonchev–Trinajstić information content (AvgIpc) is 2.50. The fourth-order valence-corrected chi connectivity index (χ4v) is 0.891. The second kappa shape index (κ2) is 4.90. The molecule has 4 heteroatoms. The van der Waals surface area contributed by atoms with Crippen molar-refractivity contribution in [1.82, 2.24) is 10.5 Å². The Balaban J connectivity index is 2.41. The summed E-state index contributed by atoms with van der Waals surface area (Å²) in [5.74, 6) is 0.780. The monoisotopic (exact) mass is 170 g/mol. The molecule has 12 heavy (non-hydrogen) atoms. The van der Waals surface area contributed by atoms with Gasteiger partial charge in [-0.25, -0.2) is 0 Å². The molecule has 0 atom stereocenters. The summed E-state index contributed by atoms with van der Waals surface area (Å²) < 4.78 is 10.2. The number of ether oxygens (including phenoxy) is 1. The lowest BCUT2D eigenvalue weighted by atomic mass is 10.4. The molecule has 1 N–H and O–H groups in total. The first-order valence-corrected chi connectivity index (χ1v) is 4.03. The average molecular weight is 170 g/mol. The first-order chi connectivity index (χ1) is 5.86. The van der Waals surface area contributed by atoms with Gasteiger partial charge in [-0.2, -0.15) is 0 Å². The second-order valence-corrected chi connectivity index (χ2v) is 2.45. The number of nitrogens with one attached hydrogen (secondary N) is 1. The van der Waals surface area contributed by atoms with Crippen LogP contribution in [0.5, 0.6) is 0 Å². The minimum Gasteiger partial charge on any atom is -0.374 e. The molecule has 1 aromatic heterocycles. The zero-order valence-electron chi connectivity index (χ0n) is 7.46. The van der Waals surface area contributed by atoms with Crippen molar-refractivity contribution in [3.05, 3.63) is 17.5 Å². The van der Waals surface area contributed by atoms with E-state index in [1.165, 1.54) is 0 Å². The standard InChI is InChI=1S/C8H14N2O2/c1-3-11-6-8-4-7(5-9-2)10-12-8/h4,9H,3,5-6H2,1-2H3. The van der Waals surface area contributed by atoms with Crippen LogP contribution in [-0.4, -0.2) is 18.8 Å². The van der Waals surface area contributed by atoms with Crippen molar-refractivity contribution in [2.75, 3.05) is 13.7 Å². The molecule has 0 radical (unpaired) electrons. The molecule has 4 nitrogen and oxygen atoms in total. The van der Waals surface area contributed by atoms with E-state index >= 15 is 0 Å². The van der Waals surface area contributed by atoms with Crippen molar-refractivity contribution < 1.29 is 9.26 Å². The van der Waals surface area contributed by atoms with Gasteiger partial charge in [0.05, 0.1) is 5.69 Å². The van der Waals surface area contributed by atoms with Gasteiger partial charge in [-0.1, -0.05) is 5.16 Å². The van der Waals surface area contributed by atoms with Crippen LogP contribution in [-0.2, 0) is 17.9 Å². The molecule has 0 unspecified atom stereocenters. The van der Waals surface area contributed by atoms with E-state index in [-0.39, 0.29) is 0 Å². The third-order valence-corrected chi connectivity index (χ3v) is 1.41. The highest BCUT2D eigenvalue weighted by molar-refractivity contribution is 5.03.